The molecule has 1 fully saturated rings. The van der Waals surface area contributed by atoms with Gasteiger partial charge in [-0.25, -0.2) is 0 Å². The van der Waals surface area contributed by atoms with E-state index in [0.717, 1.165) is 11.1 Å². The lowest BCUT2D eigenvalue weighted by atomic mass is 9.74. The lowest BCUT2D eigenvalue weighted by molar-refractivity contribution is -0.152. The first-order valence-corrected chi connectivity index (χ1v) is 9.31. The molecule has 6 nitrogen and oxygen atoms in total. The fourth-order valence-electron chi connectivity index (χ4n) is 3.89. The van der Waals surface area contributed by atoms with Crippen molar-refractivity contribution >= 4 is 17.9 Å². The predicted molar refractivity (Wildman–Crippen MR) is 105 cm³/mol. The summed E-state index contributed by atoms with van der Waals surface area (Å²) in [6.45, 7) is 6.25. The van der Waals surface area contributed by atoms with E-state index in [0.29, 0.717) is 19.7 Å². The van der Waals surface area contributed by atoms with Crippen molar-refractivity contribution in [1.82, 2.24) is 9.80 Å². The van der Waals surface area contributed by atoms with Crippen molar-refractivity contribution in [2.75, 3.05) is 33.4 Å². The predicted octanol–water partition coefficient (Wildman–Crippen LogP) is 1.89. The average molecular weight is 374 g/mol. The Hall–Kier alpha value is -2.18. The normalized spacial score (nSPS) is 22.0. The summed E-state index contributed by atoms with van der Waals surface area (Å²) in [5.74, 6) is -0.149. The molecule has 2 amide bonds. The van der Waals surface area contributed by atoms with Gasteiger partial charge in [-0.1, -0.05) is 36.4 Å². The monoisotopic (exact) mass is 374 g/mol. The minimum Gasteiger partial charge on any atom is -0.394 e. The molecule has 1 N–H and O–H groups in total. The molecule has 148 valence electrons. The molecule has 1 heterocycles. The van der Waals surface area contributed by atoms with Crippen molar-refractivity contribution in [2.24, 2.45) is 0 Å². The summed E-state index contributed by atoms with van der Waals surface area (Å²) in [5.41, 5.74) is 2.17. The highest BCUT2D eigenvalue weighted by atomic mass is 16.5. The van der Waals surface area contributed by atoms with E-state index in [-0.39, 0.29) is 36.4 Å². The Bertz CT molecular complexity index is 671. The van der Waals surface area contributed by atoms with Crippen LogP contribution in [0.15, 0.2) is 30.3 Å². The number of likely N-dealkylation sites (tertiary alicyclic amines) is 1. The van der Waals surface area contributed by atoms with E-state index in [4.69, 9.17) is 4.74 Å². The van der Waals surface area contributed by atoms with Gasteiger partial charge < -0.3 is 19.6 Å². The van der Waals surface area contributed by atoms with Crippen molar-refractivity contribution in [3.8, 4) is 0 Å². The highest BCUT2D eigenvalue weighted by Crippen LogP contribution is 2.41. The lowest BCUT2D eigenvalue weighted by Crippen LogP contribution is -2.68. The third kappa shape index (κ3) is 4.76. The number of allylic oxidation sites excluding steroid dienone is 1. The molecule has 1 saturated heterocycles. The largest absolute Gasteiger partial charge is 0.394 e. The maximum Gasteiger partial charge on any atom is 0.220 e. The van der Waals surface area contributed by atoms with Gasteiger partial charge in [-0.2, -0.15) is 0 Å². The minimum absolute atomic E-state index is 0.0112. The summed E-state index contributed by atoms with van der Waals surface area (Å²) < 4.78 is 5.10. The Morgan fingerprint density at radius 1 is 1.22 bits per heavy atom. The summed E-state index contributed by atoms with van der Waals surface area (Å²) in [4.78, 5) is 27.6. The highest BCUT2D eigenvalue weighted by Gasteiger charge is 2.50. The van der Waals surface area contributed by atoms with E-state index in [1.807, 2.05) is 43.3 Å². The Morgan fingerprint density at radius 2 is 1.89 bits per heavy atom. The molecule has 0 saturated carbocycles. The molecule has 1 aliphatic rings. The third-order valence-corrected chi connectivity index (χ3v) is 5.19. The molecule has 2 rings (SSSR count). The first-order valence-electron chi connectivity index (χ1n) is 9.31. The molecule has 0 aliphatic carbocycles. The number of carbonyl (C=O) groups excluding carboxylic acids is 2. The van der Waals surface area contributed by atoms with Gasteiger partial charge in [-0.05, 0) is 18.1 Å². The topological polar surface area (TPSA) is 70.1 Å². The number of carbonyl (C=O) groups is 2. The molecule has 0 bridgehead atoms. The van der Waals surface area contributed by atoms with Gasteiger partial charge in [0.1, 0.15) is 0 Å². The van der Waals surface area contributed by atoms with E-state index < -0.39 is 0 Å². The average Bonchev–Trinajstić information content (AvgIpc) is 2.61. The van der Waals surface area contributed by atoms with E-state index in [2.05, 4.69) is 0 Å². The first kappa shape index (κ1) is 21.1. The molecule has 27 heavy (non-hydrogen) atoms. The number of nitrogens with zero attached hydrogens (tertiary/aromatic N) is 2. The molecule has 0 aromatic heterocycles. The van der Waals surface area contributed by atoms with Crippen molar-refractivity contribution in [3.05, 3.63) is 41.5 Å². The molecular weight excluding hydrogens is 344 g/mol. The molecule has 1 aromatic rings. The Kier molecular flexibility index (Phi) is 7.56. The second kappa shape index (κ2) is 9.67. The zero-order valence-corrected chi connectivity index (χ0v) is 16.6. The van der Waals surface area contributed by atoms with Gasteiger partial charge in [0, 0.05) is 40.0 Å². The number of hydrogen-bond acceptors (Lipinski definition) is 4. The third-order valence-electron chi connectivity index (χ3n) is 5.19. The number of aliphatic hydroxyl groups excluding tert-OH is 1. The van der Waals surface area contributed by atoms with Gasteiger partial charge in [-0.15, -0.1) is 0 Å². The van der Waals surface area contributed by atoms with Gasteiger partial charge in [0.05, 0.1) is 25.3 Å². The SMILES string of the molecule is C/C=C/c1ccc([C@H]2[C@@H](CO)N(C(C)=O)[C@@H]2CN(CCOC)C(C)=O)cc1. The zero-order chi connectivity index (χ0) is 20.0. The minimum atomic E-state index is -0.267. The molecule has 6 heteroatoms. The van der Waals surface area contributed by atoms with Crippen molar-refractivity contribution in [2.45, 2.75) is 38.8 Å². The number of rotatable bonds is 8. The van der Waals surface area contributed by atoms with Gasteiger partial charge in [0.15, 0.2) is 0 Å². The van der Waals surface area contributed by atoms with Crippen LogP contribution in [0.1, 0.15) is 37.8 Å². The smallest absolute Gasteiger partial charge is 0.220 e. The molecule has 3 atom stereocenters. The number of methoxy groups -OCH3 is 1. The highest BCUT2D eigenvalue weighted by molar-refractivity contribution is 5.77. The number of ether oxygens (including phenoxy) is 1. The van der Waals surface area contributed by atoms with Gasteiger partial charge in [-0.3, -0.25) is 9.59 Å². The van der Waals surface area contributed by atoms with Crippen LogP contribution in [0.25, 0.3) is 6.08 Å². The molecule has 0 spiro atoms. The van der Waals surface area contributed by atoms with Crippen LogP contribution in [0.3, 0.4) is 0 Å². The van der Waals surface area contributed by atoms with Crippen LogP contribution in [0, 0.1) is 0 Å². The summed E-state index contributed by atoms with van der Waals surface area (Å²) in [7, 11) is 1.60. The Labute approximate surface area is 161 Å². The van der Waals surface area contributed by atoms with Gasteiger partial charge in [0.2, 0.25) is 11.8 Å². The molecule has 1 aliphatic heterocycles. The quantitative estimate of drug-likeness (QED) is 0.754. The fourth-order valence-corrected chi connectivity index (χ4v) is 3.89. The standard InChI is InChI=1S/C21H30N2O4/c1-5-6-17-7-9-18(10-8-17)21-19(23(16(3)26)20(21)14-24)13-22(15(2)25)11-12-27-4/h5-10,19-21,24H,11-14H2,1-4H3/b6-5+/t19-,20-,21-/m1/s1. The van der Waals surface area contributed by atoms with E-state index in [9.17, 15) is 14.7 Å². The van der Waals surface area contributed by atoms with E-state index in [1.165, 1.54) is 13.8 Å². The number of benzene rings is 1. The van der Waals surface area contributed by atoms with Crippen molar-refractivity contribution in [3.63, 3.8) is 0 Å². The zero-order valence-electron chi connectivity index (χ0n) is 16.6. The number of amides is 2. The molecular formula is C21H30N2O4. The Morgan fingerprint density at radius 3 is 2.37 bits per heavy atom. The van der Waals surface area contributed by atoms with Crippen LogP contribution in [-0.2, 0) is 14.3 Å². The first-order chi connectivity index (χ1) is 12.9. The number of aliphatic hydroxyl groups is 1. The second-order valence-electron chi connectivity index (χ2n) is 6.89. The molecule has 1 aromatic carbocycles. The van der Waals surface area contributed by atoms with Crippen LogP contribution in [0.2, 0.25) is 0 Å². The summed E-state index contributed by atoms with van der Waals surface area (Å²) in [6, 6.07) is 7.72. The maximum absolute atomic E-state index is 12.2. The molecule has 0 radical (unpaired) electrons. The van der Waals surface area contributed by atoms with E-state index >= 15 is 0 Å². The second-order valence-corrected chi connectivity index (χ2v) is 6.89. The van der Waals surface area contributed by atoms with E-state index in [1.54, 1.807) is 16.9 Å². The maximum atomic E-state index is 12.2. The Balaban J connectivity index is 2.28. The summed E-state index contributed by atoms with van der Waals surface area (Å²) >= 11 is 0. The van der Waals surface area contributed by atoms with Gasteiger partial charge in [0.25, 0.3) is 0 Å². The van der Waals surface area contributed by atoms with Crippen LogP contribution in [-0.4, -0.2) is 72.2 Å². The van der Waals surface area contributed by atoms with Crippen LogP contribution in [0.5, 0.6) is 0 Å². The number of hydrogen-bond donors (Lipinski definition) is 1. The summed E-state index contributed by atoms with van der Waals surface area (Å²) in [6.07, 6.45) is 4.01. The summed E-state index contributed by atoms with van der Waals surface area (Å²) in [5, 5.41) is 9.87. The van der Waals surface area contributed by atoms with Crippen molar-refractivity contribution in [1.29, 1.82) is 0 Å². The van der Waals surface area contributed by atoms with Crippen LogP contribution >= 0.6 is 0 Å². The lowest BCUT2D eigenvalue weighted by Gasteiger charge is -2.55. The van der Waals surface area contributed by atoms with Gasteiger partial charge >= 0.3 is 0 Å². The molecule has 0 unspecified atom stereocenters. The van der Waals surface area contributed by atoms with Crippen molar-refractivity contribution < 1.29 is 19.4 Å². The van der Waals surface area contributed by atoms with Crippen LogP contribution in [0.4, 0.5) is 0 Å². The van der Waals surface area contributed by atoms with Crippen LogP contribution < -0.4 is 0 Å². The fraction of sp³-hybridized carbons (Fsp3) is 0.524.